The summed E-state index contributed by atoms with van der Waals surface area (Å²) in [6.45, 7) is 3.55. The predicted octanol–water partition coefficient (Wildman–Crippen LogP) is 5.21. The number of alkyl halides is 3. The van der Waals surface area contributed by atoms with E-state index in [1.807, 2.05) is 0 Å². The highest BCUT2D eigenvalue weighted by atomic mass is 35.5. The fraction of sp³-hybridized carbons (Fsp3) is 0.767. The van der Waals surface area contributed by atoms with Gasteiger partial charge in [0.05, 0.1) is 6.10 Å². The van der Waals surface area contributed by atoms with E-state index in [4.69, 9.17) is 20.6 Å². The lowest BCUT2D eigenvalue weighted by Gasteiger charge is -2.24. The third-order valence-electron chi connectivity index (χ3n) is 7.97. The van der Waals surface area contributed by atoms with Crippen LogP contribution in [0.1, 0.15) is 102 Å². The monoisotopic (exact) mass is 635 g/mol. The molecule has 0 radical (unpaired) electrons. The van der Waals surface area contributed by atoms with Gasteiger partial charge in [-0.1, -0.05) is 70.6 Å². The molecule has 2 aliphatic rings. The number of aromatic nitrogens is 2. The predicted molar refractivity (Wildman–Crippen MR) is 158 cm³/mol. The largest absolute Gasteiger partial charge is 0.462 e. The van der Waals surface area contributed by atoms with E-state index >= 15 is 0 Å². The molecule has 244 valence electrons. The second-order valence-corrected chi connectivity index (χ2v) is 11.1. The Balaban J connectivity index is 0.00000645. The van der Waals surface area contributed by atoms with Crippen molar-refractivity contribution in [1.29, 1.82) is 0 Å². The Hall–Kier alpha value is -2.33. The topological polar surface area (TPSA) is 103 Å². The van der Waals surface area contributed by atoms with Gasteiger partial charge in [0.2, 0.25) is 0 Å². The normalized spacial score (nSPS) is 22.3. The van der Waals surface area contributed by atoms with Gasteiger partial charge in [-0.15, -0.1) is 18.8 Å². The summed E-state index contributed by atoms with van der Waals surface area (Å²) < 4.78 is 57.5. The zero-order chi connectivity index (χ0) is 30.5. The Morgan fingerprint density at radius 1 is 1.12 bits per heavy atom. The molecular weight excluding hydrogens is 591 g/mol. The molecule has 0 saturated carbocycles. The fourth-order valence-corrected chi connectivity index (χ4v) is 5.68. The van der Waals surface area contributed by atoms with Crippen LogP contribution in [0.15, 0.2) is 15.8 Å². The highest BCUT2D eigenvalue weighted by molar-refractivity contribution is 5.85. The number of nitrogens with one attached hydrogen (secondary N) is 1. The molecule has 0 amide bonds. The number of carbonyl (C=O) groups is 1. The summed E-state index contributed by atoms with van der Waals surface area (Å²) in [6, 6.07) is -0.359. The van der Waals surface area contributed by atoms with Gasteiger partial charge in [0.15, 0.2) is 0 Å². The minimum absolute atomic E-state index is 0. The maximum Gasteiger partial charge on any atom is 0.423 e. The Kier molecular flexibility index (Phi) is 15.8. The first-order chi connectivity index (χ1) is 20.2. The molecule has 3 heterocycles. The second kappa shape index (κ2) is 18.5. The minimum atomic E-state index is -4.96. The third-order valence-corrected chi connectivity index (χ3v) is 7.97. The van der Waals surface area contributed by atoms with E-state index in [1.165, 1.54) is 51.4 Å². The Morgan fingerprint density at radius 3 is 2.40 bits per heavy atom. The first-order valence-electron chi connectivity index (χ1n) is 15.2. The Labute approximate surface area is 257 Å². The summed E-state index contributed by atoms with van der Waals surface area (Å²) in [5, 5.41) is 0. The molecule has 2 aliphatic heterocycles. The molecule has 2 saturated heterocycles. The SMILES string of the molecule is C#CCO[C@H]1C[C@H](n2cc(C(F)(F)F)c(=O)[nH]c2=O)O[C@@H]1COC(=O)[C@@H]1CCCN1CCCCCCCCCCCC.Cl. The highest BCUT2D eigenvalue weighted by Gasteiger charge is 2.41. The number of halogens is 4. The van der Waals surface area contributed by atoms with Gasteiger partial charge in [-0.2, -0.15) is 13.2 Å². The van der Waals surface area contributed by atoms with E-state index < -0.39 is 41.4 Å². The molecule has 1 aromatic heterocycles. The number of esters is 1. The molecule has 13 heteroatoms. The molecule has 1 aromatic rings. The van der Waals surface area contributed by atoms with Crippen LogP contribution < -0.4 is 11.2 Å². The smallest absolute Gasteiger partial charge is 0.423 e. The number of H-pyrrole nitrogens is 1. The van der Waals surface area contributed by atoms with E-state index in [0.717, 1.165) is 32.4 Å². The highest BCUT2D eigenvalue weighted by Crippen LogP contribution is 2.32. The van der Waals surface area contributed by atoms with Crippen molar-refractivity contribution in [2.75, 3.05) is 26.3 Å². The van der Waals surface area contributed by atoms with E-state index in [1.54, 1.807) is 4.98 Å². The van der Waals surface area contributed by atoms with Crippen LogP contribution in [0.2, 0.25) is 0 Å². The summed E-state index contributed by atoms with van der Waals surface area (Å²) in [4.78, 5) is 40.8. The number of hydrogen-bond acceptors (Lipinski definition) is 7. The average Bonchev–Trinajstić information content (AvgIpc) is 3.58. The lowest BCUT2D eigenvalue weighted by Crippen LogP contribution is -2.40. The van der Waals surface area contributed by atoms with Crippen LogP contribution in [0.4, 0.5) is 13.2 Å². The van der Waals surface area contributed by atoms with Crippen LogP contribution in [0.3, 0.4) is 0 Å². The molecule has 0 unspecified atom stereocenters. The third kappa shape index (κ3) is 11.3. The van der Waals surface area contributed by atoms with Crippen LogP contribution >= 0.6 is 12.4 Å². The number of carbonyl (C=O) groups excluding carboxylic acids is 1. The van der Waals surface area contributed by atoms with E-state index in [2.05, 4.69) is 17.7 Å². The maximum atomic E-state index is 13.3. The number of ether oxygens (including phenoxy) is 3. The molecule has 9 nitrogen and oxygen atoms in total. The Bertz CT molecular complexity index is 1150. The number of rotatable bonds is 17. The zero-order valence-corrected chi connectivity index (χ0v) is 25.7. The molecule has 4 atom stereocenters. The van der Waals surface area contributed by atoms with E-state index in [-0.39, 0.29) is 44.1 Å². The van der Waals surface area contributed by atoms with Crippen LogP contribution in [0.5, 0.6) is 0 Å². The molecule has 0 aliphatic carbocycles. The van der Waals surface area contributed by atoms with Gasteiger partial charge in [0.1, 0.15) is 37.2 Å². The van der Waals surface area contributed by atoms with Gasteiger partial charge < -0.3 is 14.2 Å². The van der Waals surface area contributed by atoms with Crippen molar-refractivity contribution in [1.82, 2.24) is 14.5 Å². The Morgan fingerprint density at radius 2 is 1.77 bits per heavy atom. The molecule has 0 spiro atoms. The molecule has 3 rings (SSSR count). The summed E-state index contributed by atoms with van der Waals surface area (Å²) in [5.41, 5.74) is -4.11. The molecule has 2 fully saturated rings. The standard InChI is InChI=1S/C30H44F3N3O6.ClH/c1-3-5-6-7-8-9-10-11-12-13-16-35-17-14-15-23(35)28(38)41-21-25-24(40-18-4-2)19-26(42-25)36-20-22(30(31,32)33)27(37)34-29(36)39;/h2,20,23-26H,3,5-19,21H2,1H3,(H,34,37,39);1H/t23-,24-,25+,26+;/m0./s1. The van der Waals surface area contributed by atoms with Gasteiger partial charge >= 0.3 is 17.8 Å². The average molecular weight is 636 g/mol. The van der Waals surface area contributed by atoms with Gasteiger partial charge in [-0.05, 0) is 32.4 Å². The molecule has 43 heavy (non-hydrogen) atoms. The van der Waals surface area contributed by atoms with Crippen molar-refractivity contribution >= 4 is 18.4 Å². The molecule has 1 N–H and O–H groups in total. The number of terminal acetylenes is 1. The van der Waals surface area contributed by atoms with Crippen molar-refractivity contribution in [2.45, 2.75) is 121 Å². The first kappa shape index (κ1) is 36.9. The molecular formula is C30H45ClF3N3O6. The van der Waals surface area contributed by atoms with Crippen molar-refractivity contribution in [3.63, 3.8) is 0 Å². The maximum absolute atomic E-state index is 13.3. The van der Waals surface area contributed by atoms with Crippen molar-refractivity contribution in [3.05, 3.63) is 32.6 Å². The van der Waals surface area contributed by atoms with Gasteiger partial charge in [0, 0.05) is 12.6 Å². The van der Waals surface area contributed by atoms with Gasteiger partial charge in [-0.25, -0.2) is 4.79 Å². The van der Waals surface area contributed by atoms with E-state index in [9.17, 15) is 27.6 Å². The summed E-state index contributed by atoms with van der Waals surface area (Å²) in [6.07, 6.45) is 11.9. The lowest BCUT2D eigenvalue weighted by molar-refractivity contribution is -0.156. The van der Waals surface area contributed by atoms with Crippen LogP contribution in [-0.2, 0) is 25.2 Å². The van der Waals surface area contributed by atoms with Gasteiger partial charge in [-0.3, -0.25) is 24.0 Å². The summed E-state index contributed by atoms with van der Waals surface area (Å²) >= 11 is 0. The zero-order valence-electron chi connectivity index (χ0n) is 24.9. The first-order valence-corrected chi connectivity index (χ1v) is 15.2. The van der Waals surface area contributed by atoms with Crippen molar-refractivity contribution < 1.29 is 32.2 Å². The van der Waals surface area contributed by atoms with Crippen LogP contribution in [0.25, 0.3) is 0 Å². The lowest BCUT2D eigenvalue weighted by atomic mass is 10.1. The number of nitrogens with zero attached hydrogens (tertiary/aromatic N) is 2. The van der Waals surface area contributed by atoms with Crippen LogP contribution in [0, 0.1) is 12.3 Å². The molecule has 0 bridgehead atoms. The van der Waals surface area contributed by atoms with Crippen molar-refractivity contribution in [2.24, 2.45) is 0 Å². The minimum Gasteiger partial charge on any atom is -0.462 e. The fourth-order valence-electron chi connectivity index (χ4n) is 5.68. The summed E-state index contributed by atoms with van der Waals surface area (Å²) in [7, 11) is 0. The number of aromatic amines is 1. The number of likely N-dealkylation sites (tertiary alicyclic amines) is 1. The second-order valence-electron chi connectivity index (χ2n) is 11.1. The number of unbranched alkanes of at least 4 members (excludes halogenated alkanes) is 9. The summed E-state index contributed by atoms with van der Waals surface area (Å²) in [5.74, 6) is 1.94. The van der Waals surface area contributed by atoms with Crippen molar-refractivity contribution in [3.8, 4) is 12.3 Å². The van der Waals surface area contributed by atoms with Crippen LogP contribution in [-0.4, -0.2) is 65.0 Å². The molecule has 0 aromatic carbocycles. The quantitative estimate of drug-likeness (QED) is 0.142. The van der Waals surface area contributed by atoms with Gasteiger partial charge in [0.25, 0.3) is 5.56 Å². The van der Waals surface area contributed by atoms with E-state index in [0.29, 0.717) is 17.2 Å². The number of hydrogen-bond donors (Lipinski definition) is 1.